The fourth-order valence-corrected chi connectivity index (χ4v) is 4.67. The maximum Gasteiger partial charge on any atom is 0.128 e. The number of aryl methyl sites for hydroxylation is 1. The Morgan fingerprint density at radius 2 is 1.18 bits per heavy atom. The molecule has 7 heteroatoms. The number of rotatable bonds is 5. The van der Waals surface area contributed by atoms with Crippen molar-refractivity contribution < 1.29 is 0 Å². The van der Waals surface area contributed by atoms with Crippen LogP contribution in [0.15, 0.2) is 48.9 Å². The third kappa shape index (κ3) is 4.91. The molecule has 0 saturated carbocycles. The summed E-state index contributed by atoms with van der Waals surface area (Å²) >= 11 is 0. The first-order chi connectivity index (χ1) is 16.6. The summed E-state index contributed by atoms with van der Waals surface area (Å²) in [5.74, 6) is 2.10. The Hall–Kier alpha value is -3.03. The van der Waals surface area contributed by atoms with Crippen LogP contribution in [0.2, 0.25) is 0 Å². The second-order valence-corrected chi connectivity index (χ2v) is 9.48. The molecule has 0 N–H and O–H groups in total. The Balaban J connectivity index is 1.41. The molecule has 178 valence electrons. The molecule has 2 fully saturated rings. The molecule has 0 aromatic carbocycles. The third-order valence-electron chi connectivity index (χ3n) is 7.09. The Labute approximate surface area is 203 Å². The molecule has 5 rings (SSSR count). The van der Waals surface area contributed by atoms with Crippen molar-refractivity contribution in [2.45, 2.75) is 13.3 Å². The van der Waals surface area contributed by atoms with Gasteiger partial charge >= 0.3 is 0 Å². The van der Waals surface area contributed by atoms with Crippen LogP contribution in [0.4, 0.5) is 11.6 Å². The zero-order chi connectivity index (χ0) is 23.5. The number of aromatic nitrogens is 3. The second kappa shape index (κ2) is 10.1. The standard InChI is InChI=1S/C27H35N7/c1-4-21-17-24(22-5-7-25(28-19-22)33-13-9-31(2)10-14-33)27(30-18-21)23-6-8-26(29-20-23)34-15-11-32(3)12-16-34/h5-8,17-20H,4,9-16H2,1-3H3. The predicted octanol–water partition coefficient (Wildman–Crippen LogP) is 3.27. The van der Waals surface area contributed by atoms with Crippen molar-refractivity contribution in [2.75, 3.05) is 76.3 Å². The normalized spacial score (nSPS) is 17.9. The molecule has 2 saturated heterocycles. The lowest BCUT2D eigenvalue weighted by Gasteiger charge is -2.33. The van der Waals surface area contributed by atoms with Crippen molar-refractivity contribution >= 4 is 11.6 Å². The molecular formula is C27H35N7. The molecule has 2 aliphatic rings. The summed E-state index contributed by atoms with van der Waals surface area (Å²) in [4.78, 5) is 23.9. The molecule has 3 aromatic rings. The minimum absolute atomic E-state index is 0.952. The highest BCUT2D eigenvalue weighted by molar-refractivity contribution is 5.81. The van der Waals surface area contributed by atoms with E-state index in [4.69, 9.17) is 15.0 Å². The Morgan fingerprint density at radius 3 is 1.65 bits per heavy atom. The maximum atomic E-state index is 4.86. The highest BCUT2D eigenvalue weighted by Crippen LogP contribution is 2.32. The number of hydrogen-bond acceptors (Lipinski definition) is 7. The molecular weight excluding hydrogens is 422 g/mol. The van der Waals surface area contributed by atoms with Gasteiger partial charge in [-0.3, -0.25) is 4.98 Å². The highest BCUT2D eigenvalue weighted by atomic mass is 15.3. The molecule has 34 heavy (non-hydrogen) atoms. The van der Waals surface area contributed by atoms with Crippen molar-refractivity contribution in [3.05, 3.63) is 54.5 Å². The van der Waals surface area contributed by atoms with Crippen LogP contribution >= 0.6 is 0 Å². The minimum Gasteiger partial charge on any atom is -0.354 e. The fraction of sp³-hybridized carbons (Fsp3) is 0.444. The number of anilines is 2. The maximum absolute atomic E-state index is 4.86. The van der Waals surface area contributed by atoms with Gasteiger partial charge in [0.05, 0.1) is 5.69 Å². The van der Waals surface area contributed by atoms with Gasteiger partial charge in [0.1, 0.15) is 11.6 Å². The van der Waals surface area contributed by atoms with Crippen molar-refractivity contribution in [3.8, 4) is 22.4 Å². The predicted molar refractivity (Wildman–Crippen MR) is 139 cm³/mol. The van der Waals surface area contributed by atoms with Gasteiger partial charge in [-0.05, 0) is 56.4 Å². The minimum atomic E-state index is 0.952. The van der Waals surface area contributed by atoms with E-state index in [1.165, 1.54) is 5.56 Å². The lowest BCUT2D eigenvalue weighted by Crippen LogP contribution is -2.44. The van der Waals surface area contributed by atoms with Gasteiger partial charge in [0.15, 0.2) is 0 Å². The lowest BCUT2D eigenvalue weighted by molar-refractivity contribution is 0.312. The van der Waals surface area contributed by atoms with Crippen LogP contribution in [-0.2, 0) is 6.42 Å². The van der Waals surface area contributed by atoms with Crippen LogP contribution in [0.3, 0.4) is 0 Å². The van der Waals surface area contributed by atoms with Crippen LogP contribution in [-0.4, -0.2) is 91.2 Å². The molecule has 0 atom stereocenters. The largest absolute Gasteiger partial charge is 0.354 e. The zero-order valence-corrected chi connectivity index (χ0v) is 20.6. The summed E-state index contributed by atoms with van der Waals surface area (Å²) in [6, 6.07) is 10.9. The Morgan fingerprint density at radius 1 is 0.647 bits per heavy atom. The van der Waals surface area contributed by atoms with E-state index in [9.17, 15) is 0 Å². The van der Waals surface area contributed by atoms with Gasteiger partial charge in [0.25, 0.3) is 0 Å². The molecule has 0 unspecified atom stereocenters. The summed E-state index contributed by atoms with van der Waals surface area (Å²) < 4.78 is 0. The average molecular weight is 458 g/mol. The van der Waals surface area contributed by atoms with E-state index in [1.54, 1.807) is 0 Å². The molecule has 2 aliphatic heterocycles. The van der Waals surface area contributed by atoms with E-state index in [0.29, 0.717) is 0 Å². The summed E-state index contributed by atoms with van der Waals surface area (Å²) in [6.45, 7) is 10.5. The SMILES string of the molecule is CCc1cnc(-c2ccc(N3CCN(C)CC3)nc2)c(-c2ccc(N3CCN(C)CC3)nc2)c1. The molecule has 0 radical (unpaired) electrons. The number of hydrogen-bond donors (Lipinski definition) is 0. The van der Waals surface area contributed by atoms with Crippen molar-refractivity contribution in [2.24, 2.45) is 0 Å². The van der Waals surface area contributed by atoms with Crippen LogP contribution in [0.25, 0.3) is 22.4 Å². The van der Waals surface area contributed by atoms with E-state index in [1.807, 2.05) is 18.6 Å². The molecule has 5 heterocycles. The fourth-order valence-electron chi connectivity index (χ4n) is 4.67. The summed E-state index contributed by atoms with van der Waals surface area (Å²) in [6.07, 6.45) is 6.91. The quantitative estimate of drug-likeness (QED) is 0.583. The van der Waals surface area contributed by atoms with Gasteiger partial charge < -0.3 is 19.6 Å². The zero-order valence-electron chi connectivity index (χ0n) is 20.6. The van der Waals surface area contributed by atoms with Crippen molar-refractivity contribution in [1.82, 2.24) is 24.8 Å². The highest BCUT2D eigenvalue weighted by Gasteiger charge is 2.18. The van der Waals surface area contributed by atoms with Gasteiger partial charge in [-0.15, -0.1) is 0 Å². The molecule has 0 spiro atoms. The molecule has 0 amide bonds. The number of nitrogens with zero attached hydrogens (tertiary/aromatic N) is 7. The van der Waals surface area contributed by atoms with Crippen LogP contribution in [0.1, 0.15) is 12.5 Å². The smallest absolute Gasteiger partial charge is 0.128 e. The van der Waals surface area contributed by atoms with E-state index < -0.39 is 0 Å². The molecule has 0 bridgehead atoms. The Kier molecular flexibility index (Phi) is 6.74. The lowest BCUT2D eigenvalue weighted by atomic mass is 9.99. The molecule has 3 aromatic heterocycles. The Bertz CT molecular complexity index is 1080. The van der Waals surface area contributed by atoms with Gasteiger partial charge in [-0.1, -0.05) is 6.92 Å². The summed E-state index contributed by atoms with van der Waals surface area (Å²) in [5.41, 5.74) is 5.44. The number of pyridine rings is 3. The van der Waals surface area contributed by atoms with Crippen LogP contribution < -0.4 is 9.80 Å². The third-order valence-corrected chi connectivity index (χ3v) is 7.09. The van der Waals surface area contributed by atoms with Gasteiger partial charge in [0.2, 0.25) is 0 Å². The van der Waals surface area contributed by atoms with Gasteiger partial charge in [0, 0.05) is 87.6 Å². The first-order valence-electron chi connectivity index (χ1n) is 12.4. The summed E-state index contributed by atoms with van der Waals surface area (Å²) in [7, 11) is 4.35. The van der Waals surface area contributed by atoms with Gasteiger partial charge in [-0.25, -0.2) is 9.97 Å². The number of likely N-dealkylation sites (N-methyl/N-ethyl adjacent to an activating group) is 2. The van der Waals surface area contributed by atoms with Gasteiger partial charge in [-0.2, -0.15) is 0 Å². The summed E-state index contributed by atoms with van der Waals surface area (Å²) in [5, 5.41) is 0. The van der Waals surface area contributed by atoms with E-state index in [2.05, 4.69) is 71.0 Å². The molecule has 7 nitrogen and oxygen atoms in total. The first-order valence-corrected chi connectivity index (χ1v) is 12.4. The van der Waals surface area contributed by atoms with Crippen molar-refractivity contribution in [3.63, 3.8) is 0 Å². The average Bonchev–Trinajstić information content (AvgIpc) is 2.89. The van der Waals surface area contributed by atoms with E-state index in [-0.39, 0.29) is 0 Å². The monoisotopic (exact) mass is 457 g/mol. The first kappa shape index (κ1) is 22.7. The van der Waals surface area contributed by atoms with E-state index >= 15 is 0 Å². The number of piperazine rings is 2. The topological polar surface area (TPSA) is 51.6 Å². The van der Waals surface area contributed by atoms with Crippen LogP contribution in [0, 0.1) is 0 Å². The second-order valence-electron chi connectivity index (χ2n) is 9.48. The van der Waals surface area contributed by atoms with Crippen LogP contribution in [0.5, 0.6) is 0 Å². The van der Waals surface area contributed by atoms with E-state index in [0.717, 1.165) is 92.8 Å². The van der Waals surface area contributed by atoms with Crippen molar-refractivity contribution in [1.29, 1.82) is 0 Å². The molecule has 0 aliphatic carbocycles.